The molecule has 0 unspecified atom stereocenters. The molecule has 0 N–H and O–H groups in total. The van der Waals surface area contributed by atoms with Gasteiger partial charge < -0.3 is 18.9 Å². The van der Waals surface area contributed by atoms with Crippen molar-refractivity contribution >= 4 is 0 Å². The second-order valence-corrected chi connectivity index (χ2v) is 1.82. The predicted octanol–water partition coefficient (Wildman–Crippen LogP) is 1.77. The highest BCUT2D eigenvalue weighted by atomic mass is 16.5. The van der Waals surface area contributed by atoms with Crippen molar-refractivity contribution in [3.8, 4) is 0 Å². The van der Waals surface area contributed by atoms with Gasteiger partial charge in [-0.2, -0.15) is 0 Å². The molecule has 0 saturated carbocycles. The highest BCUT2D eigenvalue weighted by molar-refractivity contribution is 4.65. The van der Waals surface area contributed by atoms with E-state index in [1.54, 1.807) is 7.11 Å². The molecule has 4 heteroatoms. The van der Waals surface area contributed by atoms with Crippen LogP contribution in [0.1, 0.15) is 0 Å². The van der Waals surface area contributed by atoms with Gasteiger partial charge in [0.1, 0.15) is 38.3 Å². The van der Waals surface area contributed by atoms with Crippen LogP contribution in [0.25, 0.3) is 0 Å². The molecule has 0 radical (unpaired) electrons. The summed E-state index contributed by atoms with van der Waals surface area (Å²) in [6.07, 6.45) is 7.00. The molecule has 74 valence electrons. The number of hydrogen-bond acceptors (Lipinski definition) is 4. The largest absolute Gasteiger partial charge is 0.501 e. The molecule has 0 aliphatic carbocycles. The minimum absolute atomic E-state index is 0.449. The minimum atomic E-state index is 0.449. The molecule has 0 heterocycles. The molecule has 0 rings (SSSR count). The Morgan fingerprint density at radius 1 is 1.00 bits per heavy atom. The topological polar surface area (TPSA) is 36.9 Å². The van der Waals surface area contributed by atoms with E-state index >= 15 is 0 Å². The molecule has 0 saturated heterocycles. The van der Waals surface area contributed by atoms with E-state index in [4.69, 9.17) is 9.47 Å². The Kier molecular flexibility index (Phi) is 9.15. The lowest BCUT2D eigenvalue weighted by atomic mass is 10.8. The van der Waals surface area contributed by atoms with Crippen LogP contribution in [0.5, 0.6) is 0 Å². The average molecular weight is 186 g/mol. The van der Waals surface area contributed by atoms with Crippen LogP contribution in [0.15, 0.2) is 37.9 Å². The number of rotatable bonds is 8. The minimum Gasteiger partial charge on any atom is -0.501 e. The molecule has 0 aromatic carbocycles. The Hall–Kier alpha value is -1.58. The lowest BCUT2D eigenvalue weighted by Crippen LogP contribution is -1.96. The van der Waals surface area contributed by atoms with Gasteiger partial charge in [-0.3, -0.25) is 0 Å². The van der Waals surface area contributed by atoms with Crippen molar-refractivity contribution in [3.05, 3.63) is 37.9 Å². The summed E-state index contributed by atoms with van der Waals surface area (Å²) in [4.78, 5) is 0. The van der Waals surface area contributed by atoms with Gasteiger partial charge in [0.15, 0.2) is 0 Å². The Morgan fingerprint density at radius 3 is 2.15 bits per heavy atom. The summed E-state index contributed by atoms with van der Waals surface area (Å²) in [5.74, 6) is 0. The highest BCUT2D eigenvalue weighted by Gasteiger charge is 1.81. The molecule has 0 aromatic rings. The van der Waals surface area contributed by atoms with Crippen molar-refractivity contribution in [2.24, 2.45) is 0 Å². The maximum absolute atomic E-state index is 4.96. The second-order valence-electron chi connectivity index (χ2n) is 1.82. The van der Waals surface area contributed by atoms with Gasteiger partial charge in [-0.05, 0) is 0 Å². The predicted molar refractivity (Wildman–Crippen MR) is 48.5 cm³/mol. The smallest absolute Gasteiger partial charge is 0.125 e. The van der Waals surface area contributed by atoms with Gasteiger partial charge in [0.05, 0.1) is 13.4 Å². The first-order valence-electron chi connectivity index (χ1n) is 3.74. The number of hydrogen-bond donors (Lipinski definition) is 0. The summed E-state index contributed by atoms with van der Waals surface area (Å²) < 4.78 is 19.2. The first-order chi connectivity index (χ1) is 6.41. The summed E-state index contributed by atoms with van der Waals surface area (Å²) in [6, 6.07) is 0. The Morgan fingerprint density at radius 2 is 1.62 bits per heavy atom. The van der Waals surface area contributed by atoms with Crippen LogP contribution >= 0.6 is 0 Å². The third-order valence-electron chi connectivity index (χ3n) is 0.933. The zero-order chi connectivity index (χ0) is 9.78. The maximum atomic E-state index is 4.96. The van der Waals surface area contributed by atoms with Crippen molar-refractivity contribution < 1.29 is 18.9 Å². The first-order valence-corrected chi connectivity index (χ1v) is 3.74. The molecule has 4 nitrogen and oxygen atoms in total. The second kappa shape index (κ2) is 10.4. The molecule has 0 atom stereocenters. The summed E-state index contributed by atoms with van der Waals surface area (Å²) >= 11 is 0. The molecule has 0 aromatic heterocycles. The van der Waals surface area contributed by atoms with Crippen LogP contribution in [0, 0.1) is 0 Å². The first kappa shape index (κ1) is 11.4. The van der Waals surface area contributed by atoms with Crippen molar-refractivity contribution in [2.45, 2.75) is 0 Å². The van der Waals surface area contributed by atoms with Crippen LogP contribution < -0.4 is 0 Å². The molecule has 0 amide bonds. The van der Waals surface area contributed by atoms with Crippen molar-refractivity contribution in [3.63, 3.8) is 0 Å². The lowest BCUT2D eigenvalue weighted by molar-refractivity contribution is 0.141. The van der Waals surface area contributed by atoms with E-state index in [1.807, 2.05) is 0 Å². The Bertz CT molecular complexity index is 163. The third-order valence-corrected chi connectivity index (χ3v) is 0.933. The zero-order valence-electron chi connectivity index (χ0n) is 7.64. The molecule has 0 fully saturated rings. The van der Waals surface area contributed by atoms with Crippen LogP contribution in [0.3, 0.4) is 0 Å². The number of ether oxygens (including phenoxy) is 4. The van der Waals surface area contributed by atoms with E-state index in [-0.39, 0.29) is 0 Å². The molecule has 0 aliphatic heterocycles. The van der Waals surface area contributed by atoms with Crippen LogP contribution in [0.2, 0.25) is 0 Å². The van der Waals surface area contributed by atoms with Gasteiger partial charge in [0.25, 0.3) is 0 Å². The zero-order valence-corrected chi connectivity index (χ0v) is 7.64. The Balaban J connectivity index is 3.07. The van der Waals surface area contributed by atoms with E-state index in [0.29, 0.717) is 13.2 Å². The van der Waals surface area contributed by atoms with Gasteiger partial charge >= 0.3 is 0 Å². The maximum Gasteiger partial charge on any atom is 0.125 e. The molecule has 13 heavy (non-hydrogen) atoms. The van der Waals surface area contributed by atoms with Crippen LogP contribution in [-0.2, 0) is 18.9 Å². The molecule has 0 spiro atoms. The molecular weight excluding hydrogens is 172 g/mol. The summed E-state index contributed by atoms with van der Waals surface area (Å²) in [5, 5.41) is 0. The fraction of sp³-hybridized carbons (Fsp3) is 0.333. The van der Waals surface area contributed by atoms with Crippen molar-refractivity contribution in [2.75, 3.05) is 20.3 Å². The van der Waals surface area contributed by atoms with E-state index in [2.05, 4.69) is 16.1 Å². The normalized spacial score (nSPS) is 10.2. The van der Waals surface area contributed by atoms with Crippen molar-refractivity contribution in [1.29, 1.82) is 0 Å². The Labute approximate surface area is 78.0 Å². The molecular formula is C9H14O4. The van der Waals surface area contributed by atoms with Gasteiger partial charge in [0, 0.05) is 0 Å². The summed E-state index contributed by atoms with van der Waals surface area (Å²) in [7, 11) is 1.55. The average Bonchev–Trinajstić information content (AvgIpc) is 2.16. The van der Waals surface area contributed by atoms with Crippen molar-refractivity contribution in [1.82, 2.24) is 0 Å². The molecule has 0 bridgehead atoms. The third kappa shape index (κ3) is 10.4. The van der Waals surface area contributed by atoms with Gasteiger partial charge in [0.2, 0.25) is 0 Å². The van der Waals surface area contributed by atoms with E-state index in [9.17, 15) is 0 Å². The van der Waals surface area contributed by atoms with E-state index in [1.165, 1.54) is 31.3 Å². The quantitative estimate of drug-likeness (QED) is 0.427. The van der Waals surface area contributed by atoms with Gasteiger partial charge in [-0.25, -0.2) is 0 Å². The monoisotopic (exact) mass is 186 g/mol. The fourth-order valence-corrected chi connectivity index (χ4v) is 0.454. The summed E-state index contributed by atoms with van der Waals surface area (Å²) in [5.41, 5.74) is 0. The van der Waals surface area contributed by atoms with E-state index < -0.39 is 0 Å². The van der Waals surface area contributed by atoms with Crippen LogP contribution in [-0.4, -0.2) is 20.3 Å². The SMILES string of the molecule is C=CO/C=C\OCCO/C=C\OC. The van der Waals surface area contributed by atoms with Crippen LogP contribution in [0.4, 0.5) is 0 Å². The highest BCUT2D eigenvalue weighted by Crippen LogP contribution is 1.83. The standard InChI is InChI=1S/C9H14O4/c1-3-11-6-7-13-9-8-12-5-4-10-2/h3-7H,1,8-9H2,2H3/b5-4-,7-6-. The summed E-state index contributed by atoms with van der Waals surface area (Å²) in [6.45, 7) is 4.26. The van der Waals surface area contributed by atoms with Gasteiger partial charge in [-0.15, -0.1) is 0 Å². The number of methoxy groups -OCH3 is 1. The lowest BCUT2D eigenvalue weighted by Gasteiger charge is -1.99. The molecule has 0 aliphatic rings. The fourth-order valence-electron chi connectivity index (χ4n) is 0.454. The van der Waals surface area contributed by atoms with E-state index in [0.717, 1.165) is 0 Å². The van der Waals surface area contributed by atoms with Gasteiger partial charge in [-0.1, -0.05) is 6.58 Å².